The van der Waals surface area contributed by atoms with Gasteiger partial charge in [0.25, 0.3) is 5.56 Å². The molecule has 0 radical (unpaired) electrons. The summed E-state index contributed by atoms with van der Waals surface area (Å²) in [7, 11) is 1.71. The Morgan fingerprint density at radius 2 is 1.80 bits per heavy atom. The highest BCUT2D eigenvalue weighted by molar-refractivity contribution is 5.80. The number of benzene rings is 2. The van der Waals surface area contributed by atoms with E-state index in [4.69, 9.17) is 0 Å². The van der Waals surface area contributed by atoms with Gasteiger partial charge in [-0.1, -0.05) is 11.6 Å². The molecular weight excluding hydrogens is 252 g/mol. The number of phenols is 1. The molecular formula is C16H14N2O2. The Morgan fingerprint density at radius 3 is 2.50 bits per heavy atom. The number of rotatable bonds is 1. The summed E-state index contributed by atoms with van der Waals surface area (Å²) in [6.07, 6.45) is 0. The van der Waals surface area contributed by atoms with Gasteiger partial charge in [-0.25, -0.2) is 4.98 Å². The van der Waals surface area contributed by atoms with E-state index >= 15 is 0 Å². The molecule has 0 spiro atoms. The Hall–Kier alpha value is -2.62. The molecule has 4 heteroatoms. The summed E-state index contributed by atoms with van der Waals surface area (Å²) >= 11 is 0. The predicted octanol–water partition coefficient (Wildman–Crippen LogP) is 2.61. The molecule has 1 aromatic heterocycles. The molecule has 1 heterocycles. The quantitative estimate of drug-likeness (QED) is 0.736. The molecule has 1 N–H and O–H groups in total. The van der Waals surface area contributed by atoms with Crippen LogP contribution >= 0.6 is 0 Å². The fourth-order valence-electron chi connectivity index (χ4n) is 2.25. The van der Waals surface area contributed by atoms with E-state index in [1.54, 1.807) is 31.3 Å². The van der Waals surface area contributed by atoms with Crippen molar-refractivity contribution < 1.29 is 5.11 Å². The summed E-state index contributed by atoms with van der Waals surface area (Å²) in [6.45, 7) is 1.95. The summed E-state index contributed by atoms with van der Waals surface area (Å²) in [4.78, 5) is 17.0. The number of aromatic nitrogens is 2. The number of aryl methyl sites for hydroxylation is 1. The van der Waals surface area contributed by atoms with Gasteiger partial charge in [0, 0.05) is 12.6 Å². The second kappa shape index (κ2) is 4.49. The number of fused-ring (bicyclic) bond motifs is 1. The number of phenolic OH excluding ortho intramolecular Hbond substituents is 1. The maximum Gasteiger partial charge on any atom is 0.261 e. The summed E-state index contributed by atoms with van der Waals surface area (Å²) < 4.78 is 1.54. The van der Waals surface area contributed by atoms with Gasteiger partial charge in [-0.05, 0) is 43.3 Å². The molecule has 2 aromatic carbocycles. The van der Waals surface area contributed by atoms with E-state index in [0.29, 0.717) is 16.7 Å². The third-order valence-corrected chi connectivity index (χ3v) is 3.36. The van der Waals surface area contributed by atoms with E-state index in [2.05, 4.69) is 4.98 Å². The highest BCUT2D eigenvalue weighted by Crippen LogP contribution is 2.21. The van der Waals surface area contributed by atoms with E-state index in [1.807, 2.05) is 25.1 Å². The molecule has 0 atom stereocenters. The largest absolute Gasteiger partial charge is 0.508 e. The van der Waals surface area contributed by atoms with Crippen LogP contribution in [-0.4, -0.2) is 14.7 Å². The number of nitrogens with zero attached hydrogens (tertiary/aromatic N) is 2. The normalized spacial score (nSPS) is 10.9. The molecule has 0 saturated carbocycles. The number of hydrogen-bond donors (Lipinski definition) is 1. The lowest BCUT2D eigenvalue weighted by Crippen LogP contribution is -2.20. The second-order valence-electron chi connectivity index (χ2n) is 4.87. The molecule has 4 nitrogen and oxygen atoms in total. The van der Waals surface area contributed by atoms with E-state index in [0.717, 1.165) is 11.1 Å². The van der Waals surface area contributed by atoms with E-state index < -0.39 is 0 Å². The van der Waals surface area contributed by atoms with E-state index in [-0.39, 0.29) is 11.3 Å². The summed E-state index contributed by atoms with van der Waals surface area (Å²) in [5, 5.41) is 9.96. The molecule has 100 valence electrons. The van der Waals surface area contributed by atoms with Crippen LogP contribution in [0.4, 0.5) is 0 Å². The van der Waals surface area contributed by atoms with Gasteiger partial charge in [0.1, 0.15) is 11.6 Å². The topological polar surface area (TPSA) is 55.1 Å². The van der Waals surface area contributed by atoms with Crippen molar-refractivity contribution in [2.24, 2.45) is 7.05 Å². The first-order chi connectivity index (χ1) is 9.56. The van der Waals surface area contributed by atoms with Crippen molar-refractivity contribution in [2.75, 3.05) is 0 Å². The third-order valence-electron chi connectivity index (χ3n) is 3.36. The van der Waals surface area contributed by atoms with Gasteiger partial charge >= 0.3 is 0 Å². The molecule has 0 bridgehead atoms. The lowest BCUT2D eigenvalue weighted by Gasteiger charge is -2.09. The first kappa shape index (κ1) is 12.4. The Labute approximate surface area is 116 Å². The van der Waals surface area contributed by atoms with Crippen molar-refractivity contribution in [1.82, 2.24) is 9.55 Å². The fourth-order valence-corrected chi connectivity index (χ4v) is 2.25. The molecule has 0 aliphatic carbocycles. The van der Waals surface area contributed by atoms with Crippen LogP contribution in [0.1, 0.15) is 5.56 Å². The smallest absolute Gasteiger partial charge is 0.261 e. The van der Waals surface area contributed by atoms with Crippen LogP contribution in [0.25, 0.3) is 22.3 Å². The lowest BCUT2D eigenvalue weighted by molar-refractivity contribution is 0.475. The number of hydrogen-bond acceptors (Lipinski definition) is 3. The first-order valence-electron chi connectivity index (χ1n) is 6.33. The van der Waals surface area contributed by atoms with Crippen LogP contribution in [0.3, 0.4) is 0 Å². The van der Waals surface area contributed by atoms with E-state index in [9.17, 15) is 9.90 Å². The molecule has 0 fully saturated rings. The summed E-state index contributed by atoms with van der Waals surface area (Å²) in [5.74, 6) is 0.779. The SMILES string of the molecule is Cc1ccc2nc(-c3ccc(O)cc3)n(C)c(=O)c2c1. The monoisotopic (exact) mass is 266 g/mol. The van der Waals surface area contributed by atoms with Crippen LogP contribution in [0.15, 0.2) is 47.3 Å². The van der Waals surface area contributed by atoms with Gasteiger partial charge in [0.05, 0.1) is 10.9 Å². The molecule has 0 aliphatic rings. The second-order valence-corrected chi connectivity index (χ2v) is 4.87. The average molecular weight is 266 g/mol. The van der Waals surface area contributed by atoms with Crippen LogP contribution in [0.2, 0.25) is 0 Å². The van der Waals surface area contributed by atoms with Crippen molar-refractivity contribution >= 4 is 10.9 Å². The van der Waals surface area contributed by atoms with Gasteiger partial charge in [-0.2, -0.15) is 0 Å². The maximum absolute atomic E-state index is 12.4. The molecule has 0 unspecified atom stereocenters. The minimum absolute atomic E-state index is 0.0678. The van der Waals surface area contributed by atoms with Crippen molar-refractivity contribution in [2.45, 2.75) is 6.92 Å². The van der Waals surface area contributed by atoms with Gasteiger partial charge < -0.3 is 5.11 Å². The molecule has 0 amide bonds. The maximum atomic E-state index is 12.4. The van der Waals surface area contributed by atoms with Crippen LogP contribution < -0.4 is 5.56 Å². The molecule has 0 saturated heterocycles. The summed E-state index contributed by atoms with van der Waals surface area (Å²) in [6, 6.07) is 12.3. The van der Waals surface area contributed by atoms with Gasteiger partial charge in [-0.3, -0.25) is 9.36 Å². The molecule has 0 aliphatic heterocycles. The predicted molar refractivity (Wildman–Crippen MR) is 78.8 cm³/mol. The number of aromatic hydroxyl groups is 1. The van der Waals surface area contributed by atoms with Crippen molar-refractivity contribution in [3.8, 4) is 17.1 Å². The first-order valence-corrected chi connectivity index (χ1v) is 6.33. The highest BCUT2D eigenvalue weighted by Gasteiger charge is 2.10. The lowest BCUT2D eigenvalue weighted by atomic mass is 10.1. The van der Waals surface area contributed by atoms with Crippen molar-refractivity contribution in [3.05, 3.63) is 58.4 Å². The Bertz CT molecular complexity index is 849. The zero-order valence-corrected chi connectivity index (χ0v) is 11.3. The molecule has 3 rings (SSSR count). The molecule has 20 heavy (non-hydrogen) atoms. The Kier molecular flexibility index (Phi) is 2.79. The fraction of sp³-hybridized carbons (Fsp3) is 0.125. The zero-order valence-electron chi connectivity index (χ0n) is 11.3. The third kappa shape index (κ3) is 1.95. The summed E-state index contributed by atoms with van der Waals surface area (Å²) in [5.41, 5.74) is 2.45. The highest BCUT2D eigenvalue weighted by atomic mass is 16.3. The van der Waals surface area contributed by atoms with E-state index in [1.165, 1.54) is 4.57 Å². The zero-order chi connectivity index (χ0) is 14.3. The average Bonchev–Trinajstić information content (AvgIpc) is 2.44. The van der Waals surface area contributed by atoms with Crippen LogP contribution in [0, 0.1) is 6.92 Å². The van der Waals surface area contributed by atoms with Crippen molar-refractivity contribution in [3.63, 3.8) is 0 Å². The van der Waals surface area contributed by atoms with Crippen molar-refractivity contribution in [1.29, 1.82) is 0 Å². The van der Waals surface area contributed by atoms with Gasteiger partial charge in [0.15, 0.2) is 0 Å². The minimum Gasteiger partial charge on any atom is -0.508 e. The standard InChI is InChI=1S/C16H14N2O2/c1-10-3-8-14-13(9-10)16(20)18(2)15(17-14)11-4-6-12(19)7-5-11/h3-9,19H,1-2H3. The van der Waals surface area contributed by atoms with Gasteiger partial charge in [0.2, 0.25) is 0 Å². The minimum atomic E-state index is -0.0678. The Balaban J connectivity index is 2.32. The van der Waals surface area contributed by atoms with Crippen LogP contribution in [0.5, 0.6) is 5.75 Å². The Morgan fingerprint density at radius 1 is 1.10 bits per heavy atom. The van der Waals surface area contributed by atoms with Gasteiger partial charge in [-0.15, -0.1) is 0 Å². The van der Waals surface area contributed by atoms with Crippen LogP contribution in [-0.2, 0) is 7.05 Å². The molecule has 3 aromatic rings.